The van der Waals surface area contributed by atoms with Crippen molar-refractivity contribution in [1.82, 2.24) is 10.4 Å². The van der Waals surface area contributed by atoms with Crippen molar-refractivity contribution in [1.29, 1.82) is 0 Å². The zero-order valence-corrected chi connectivity index (χ0v) is 25.1. The Morgan fingerprint density at radius 3 is 2.58 bits per heavy atom. The summed E-state index contributed by atoms with van der Waals surface area (Å²) >= 11 is 28.2. The Labute approximate surface area is 252 Å². The molecule has 4 rings (SSSR count). The Bertz CT molecular complexity index is 1470. The third kappa shape index (κ3) is 6.83. The van der Waals surface area contributed by atoms with Gasteiger partial charge in [-0.1, -0.05) is 58.7 Å². The molecule has 0 bridgehead atoms. The molecule has 0 unspecified atom stereocenters. The summed E-state index contributed by atoms with van der Waals surface area (Å²) in [5.41, 5.74) is 4.27. The molecule has 1 aliphatic rings. The van der Waals surface area contributed by atoms with E-state index in [0.717, 1.165) is 22.3 Å². The van der Waals surface area contributed by atoms with E-state index in [1.807, 2.05) is 6.92 Å². The van der Waals surface area contributed by atoms with Crippen LogP contribution in [0.5, 0.6) is 11.5 Å². The molecule has 1 fully saturated rings. The van der Waals surface area contributed by atoms with Crippen molar-refractivity contribution in [3.8, 4) is 11.5 Å². The van der Waals surface area contributed by atoms with Crippen LogP contribution in [0.25, 0.3) is 6.08 Å². The van der Waals surface area contributed by atoms with Crippen LogP contribution in [0.3, 0.4) is 0 Å². The maximum atomic E-state index is 13.1. The second-order valence-electron chi connectivity index (χ2n) is 7.76. The maximum Gasteiger partial charge on any atom is 0.285 e. The Balaban J connectivity index is 1.54. The molecular formula is C26H18BrCl3N2O4S2. The van der Waals surface area contributed by atoms with Gasteiger partial charge in [0.25, 0.3) is 11.8 Å². The van der Waals surface area contributed by atoms with Crippen molar-refractivity contribution in [3.63, 3.8) is 0 Å². The highest BCUT2D eigenvalue weighted by atomic mass is 79.9. The second kappa shape index (κ2) is 12.7. The standard InChI is InChI=1S/C26H18BrCl3N2O4S2/c1-2-35-21-9-14(8-19(27)23(21)36-13-16-6-7-18(29)12-20(16)30)10-22-25(34)32(26(37)38-22)31-24(33)15-4-3-5-17(28)11-15/h3-12H,2,13H2,1H3,(H,31,33)/b22-10-. The monoisotopic (exact) mass is 670 g/mol. The molecule has 2 amide bonds. The Kier molecular flexibility index (Phi) is 9.62. The van der Waals surface area contributed by atoms with Crippen molar-refractivity contribution < 1.29 is 19.1 Å². The number of amides is 2. The van der Waals surface area contributed by atoms with Gasteiger partial charge in [-0.05, 0) is 89.2 Å². The minimum atomic E-state index is -0.506. The highest BCUT2D eigenvalue weighted by Gasteiger charge is 2.34. The van der Waals surface area contributed by atoms with E-state index in [-0.39, 0.29) is 10.9 Å². The van der Waals surface area contributed by atoms with Crippen molar-refractivity contribution in [3.05, 3.63) is 95.7 Å². The highest BCUT2D eigenvalue weighted by molar-refractivity contribution is 9.10. The van der Waals surface area contributed by atoms with Crippen LogP contribution in [-0.2, 0) is 11.4 Å². The van der Waals surface area contributed by atoms with Crippen molar-refractivity contribution in [2.45, 2.75) is 13.5 Å². The molecular weight excluding hydrogens is 655 g/mol. The van der Waals surface area contributed by atoms with E-state index in [0.29, 0.717) is 53.7 Å². The average Bonchev–Trinajstić information content (AvgIpc) is 3.12. The summed E-state index contributed by atoms with van der Waals surface area (Å²) in [5, 5.41) is 2.48. The number of hydrogen-bond donors (Lipinski definition) is 1. The first-order valence-electron chi connectivity index (χ1n) is 11.0. The van der Waals surface area contributed by atoms with Crippen LogP contribution in [0, 0.1) is 0 Å². The molecule has 0 saturated carbocycles. The number of halogens is 4. The van der Waals surface area contributed by atoms with Crippen LogP contribution >= 0.6 is 74.7 Å². The van der Waals surface area contributed by atoms with E-state index in [1.165, 1.54) is 6.07 Å². The molecule has 1 aliphatic heterocycles. The normalized spacial score (nSPS) is 14.2. The van der Waals surface area contributed by atoms with Gasteiger partial charge in [0.2, 0.25) is 0 Å². The van der Waals surface area contributed by atoms with Crippen LogP contribution in [0.4, 0.5) is 0 Å². The van der Waals surface area contributed by atoms with Crippen molar-refractivity contribution in [2.75, 3.05) is 6.61 Å². The lowest BCUT2D eigenvalue weighted by Crippen LogP contribution is -2.44. The van der Waals surface area contributed by atoms with Gasteiger partial charge in [0.05, 0.1) is 16.0 Å². The number of nitrogens with one attached hydrogen (secondary N) is 1. The molecule has 6 nitrogen and oxygen atoms in total. The number of ether oxygens (including phenoxy) is 2. The Hall–Kier alpha value is -2.27. The third-order valence-electron chi connectivity index (χ3n) is 5.11. The summed E-state index contributed by atoms with van der Waals surface area (Å²) in [6.45, 7) is 2.44. The van der Waals surface area contributed by atoms with Gasteiger partial charge in [-0.15, -0.1) is 0 Å². The topological polar surface area (TPSA) is 67.9 Å². The number of rotatable bonds is 8. The molecule has 0 aromatic heterocycles. The number of nitrogens with zero attached hydrogens (tertiary/aromatic N) is 1. The van der Waals surface area contributed by atoms with E-state index in [2.05, 4.69) is 21.4 Å². The molecule has 1 N–H and O–H groups in total. The lowest BCUT2D eigenvalue weighted by Gasteiger charge is -2.16. The summed E-state index contributed by atoms with van der Waals surface area (Å²) in [6, 6.07) is 15.1. The van der Waals surface area contributed by atoms with Crippen molar-refractivity contribution >= 4 is 96.9 Å². The second-order valence-corrected chi connectivity index (χ2v) is 11.6. The van der Waals surface area contributed by atoms with Crippen molar-refractivity contribution in [2.24, 2.45) is 0 Å². The maximum absolute atomic E-state index is 13.1. The first-order chi connectivity index (χ1) is 18.2. The zero-order chi connectivity index (χ0) is 27.4. The molecule has 12 heteroatoms. The molecule has 196 valence electrons. The number of carbonyl (C=O) groups is 2. The smallest absolute Gasteiger partial charge is 0.285 e. The highest BCUT2D eigenvalue weighted by Crippen LogP contribution is 2.40. The van der Waals surface area contributed by atoms with E-state index in [4.69, 9.17) is 56.5 Å². The van der Waals surface area contributed by atoms with Crippen LogP contribution in [0.15, 0.2) is 64.0 Å². The van der Waals surface area contributed by atoms with E-state index in [1.54, 1.807) is 54.6 Å². The van der Waals surface area contributed by atoms with Crippen LogP contribution in [0.1, 0.15) is 28.4 Å². The quantitative estimate of drug-likeness (QED) is 0.194. The van der Waals surface area contributed by atoms with Gasteiger partial charge in [-0.3, -0.25) is 15.0 Å². The molecule has 1 saturated heterocycles. The molecule has 38 heavy (non-hydrogen) atoms. The first kappa shape index (κ1) is 28.7. The van der Waals surface area contributed by atoms with Gasteiger partial charge in [0.1, 0.15) is 6.61 Å². The lowest BCUT2D eigenvalue weighted by atomic mass is 10.1. The molecule has 1 heterocycles. The summed E-state index contributed by atoms with van der Waals surface area (Å²) < 4.78 is 12.6. The fourth-order valence-corrected chi connectivity index (χ4v) is 5.78. The summed E-state index contributed by atoms with van der Waals surface area (Å²) in [4.78, 5) is 26.0. The number of benzene rings is 3. The SMILES string of the molecule is CCOc1cc(/C=C2\SC(=S)N(NC(=O)c3cccc(Cl)c3)C2=O)cc(Br)c1OCc1ccc(Cl)cc1Cl. The number of carbonyl (C=O) groups excluding carboxylic acids is 2. The van der Waals surface area contributed by atoms with Gasteiger partial charge in [-0.25, -0.2) is 0 Å². The van der Waals surface area contributed by atoms with Crippen LogP contribution < -0.4 is 14.9 Å². The number of hydrazine groups is 1. The summed E-state index contributed by atoms with van der Waals surface area (Å²) in [6.07, 6.45) is 1.66. The minimum Gasteiger partial charge on any atom is -0.490 e. The van der Waals surface area contributed by atoms with E-state index in [9.17, 15) is 9.59 Å². The fourth-order valence-electron chi connectivity index (χ4n) is 3.37. The summed E-state index contributed by atoms with van der Waals surface area (Å²) in [5.74, 6) is -0.00446. The fraction of sp³-hybridized carbons (Fsp3) is 0.115. The predicted molar refractivity (Wildman–Crippen MR) is 160 cm³/mol. The zero-order valence-electron chi connectivity index (χ0n) is 19.6. The molecule has 0 aliphatic carbocycles. The molecule has 0 radical (unpaired) electrons. The van der Waals surface area contributed by atoms with Crippen LogP contribution in [-0.4, -0.2) is 27.8 Å². The summed E-state index contributed by atoms with van der Waals surface area (Å²) in [7, 11) is 0. The Morgan fingerprint density at radius 2 is 1.87 bits per heavy atom. The Morgan fingerprint density at radius 1 is 1.11 bits per heavy atom. The van der Waals surface area contributed by atoms with E-state index >= 15 is 0 Å². The molecule has 0 atom stereocenters. The average molecular weight is 673 g/mol. The third-order valence-corrected chi connectivity index (χ3v) is 7.82. The number of thiocarbonyl (C=S) groups is 1. The molecule has 3 aromatic rings. The molecule has 0 spiro atoms. The van der Waals surface area contributed by atoms with Gasteiger partial charge < -0.3 is 9.47 Å². The predicted octanol–water partition coefficient (Wildman–Crippen LogP) is 7.93. The van der Waals surface area contributed by atoms with Gasteiger partial charge in [0.15, 0.2) is 15.8 Å². The van der Waals surface area contributed by atoms with Gasteiger partial charge >= 0.3 is 0 Å². The minimum absolute atomic E-state index is 0.193. The lowest BCUT2D eigenvalue weighted by molar-refractivity contribution is -0.123. The van der Waals surface area contributed by atoms with Gasteiger partial charge in [0, 0.05) is 26.2 Å². The largest absolute Gasteiger partial charge is 0.490 e. The van der Waals surface area contributed by atoms with Crippen LogP contribution in [0.2, 0.25) is 15.1 Å². The van der Waals surface area contributed by atoms with E-state index < -0.39 is 11.8 Å². The van der Waals surface area contributed by atoms with Gasteiger partial charge in [-0.2, -0.15) is 5.01 Å². The first-order valence-corrected chi connectivity index (χ1v) is 14.2. The number of thioether (sulfide) groups is 1. The number of hydrogen-bond acceptors (Lipinski definition) is 6. The molecule has 3 aromatic carbocycles.